The van der Waals surface area contributed by atoms with Crippen LogP contribution < -0.4 is 5.32 Å². The molecule has 2 aromatic rings. The van der Waals surface area contributed by atoms with Gasteiger partial charge in [-0.2, -0.15) is 0 Å². The Bertz CT molecular complexity index is 885. The lowest BCUT2D eigenvalue weighted by Crippen LogP contribution is -2.43. The Morgan fingerprint density at radius 1 is 1.00 bits per heavy atom. The number of ketones is 1. The van der Waals surface area contributed by atoms with Gasteiger partial charge in [0.15, 0.2) is 5.78 Å². The summed E-state index contributed by atoms with van der Waals surface area (Å²) in [4.78, 5) is 27.4. The molecule has 1 aliphatic carbocycles. The van der Waals surface area contributed by atoms with Gasteiger partial charge in [-0.25, -0.2) is 0 Å². The minimum Gasteiger partial charge on any atom is -0.348 e. The highest BCUT2D eigenvalue weighted by molar-refractivity contribution is 5.97. The molecule has 2 aliphatic rings. The lowest BCUT2D eigenvalue weighted by atomic mass is 9.89. The van der Waals surface area contributed by atoms with Gasteiger partial charge in [0.05, 0.1) is 12.6 Å². The zero-order valence-corrected chi connectivity index (χ0v) is 17.9. The van der Waals surface area contributed by atoms with Gasteiger partial charge in [-0.05, 0) is 75.2 Å². The summed E-state index contributed by atoms with van der Waals surface area (Å²) in [6, 6.07) is 16.2. The molecule has 0 radical (unpaired) electrons. The molecule has 1 saturated heterocycles. The van der Waals surface area contributed by atoms with Crippen LogP contribution in [0.4, 0.5) is 0 Å². The molecule has 1 amide bonds. The maximum Gasteiger partial charge on any atom is 0.234 e. The van der Waals surface area contributed by atoms with E-state index in [1.165, 1.54) is 36.0 Å². The minimum atomic E-state index is 0.0157. The monoisotopic (exact) mass is 404 g/mol. The topological polar surface area (TPSA) is 49.4 Å². The first-order valence-corrected chi connectivity index (χ1v) is 11.3. The van der Waals surface area contributed by atoms with Crippen LogP contribution in [0, 0.1) is 5.92 Å². The fraction of sp³-hybridized carbons (Fsp3) is 0.462. The summed E-state index contributed by atoms with van der Waals surface area (Å²) in [6.07, 6.45) is 6.52. The van der Waals surface area contributed by atoms with Crippen molar-refractivity contribution >= 4 is 11.7 Å². The van der Waals surface area contributed by atoms with Crippen molar-refractivity contribution in [3.8, 4) is 0 Å². The number of rotatable bonds is 6. The van der Waals surface area contributed by atoms with Crippen molar-refractivity contribution in [3.05, 3.63) is 70.8 Å². The van der Waals surface area contributed by atoms with Gasteiger partial charge in [0.25, 0.3) is 0 Å². The van der Waals surface area contributed by atoms with Crippen molar-refractivity contribution in [1.82, 2.24) is 10.2 Å². The van der Waals surface area contributed by atoms with Gasteiger partial charge < -0.3 is 5.32 Å². The van der Waals surface area contributed by atoms with E-state index in [2.05, 4.69) is 35.3 Å². The van der Waals surface area contributed by atoms with E-state index in [1.54, 1.807) is 0 Å². The maximum atomic E-state index is 12.6. The molecule has 158 valence electrons. The molecule has 1 unspecified atom stereocenters. The molecule has 1 atom stereocenters. The van der Waals surface area contributed by atoms with Crippen molar-refractivity contribution in [3.63, 3.8) is 0 Å². The molecule has 4 nitrogen and oxygen atoms in total. The number of carbonyl (C=O) groups is 2. The summed E-state index contributed by atoms with van der Waals surface area (Å²) in [7, 11) is 0. The van der Waals surface area contributed by atoms with Crippen molar-refractivity contribution in [2.45, 2.75) is 51.5 Å². The molecule has 1 N–H and O–H groups in total. The number of hydrogen-bond donors (Lipinski definition) is 1. The number of nitrogens with one attached hydrogen (secondary N) is 1. The first-order chi connectivity index (χ1) is 14.6. The molecular weight excluding hydrogens is 372 g/mol. The molecule has 0 spiro atoms. The summed E-state index contributed by atoms with van der Waals surface area (Å²) >= 11 is 0. The molecule has 1 heterocycles. The highest BCUT2D eigenvalue weighted by atomic mass is 16.2. The van der Waals surface area contributed by atoms with Crippen LogP contribution in [0.1, 0.15) is 65.7 Å². The fourth-order valence-corrected chi connectivity index (χ4v) is 4.79. The number of likely N-dealkylation sites (tertiary alicyclic amines) is 1. The quantitative estimate of drug-likeness (QED) is 0.729. The van der Waals surface area contributed by atoms with E-state index in [-0.39, 0.29) is 23.7 Å². The second-order valence-electron chi connectivity index (χ2n) is 8.81. The summed E-state index contributed by atoms with van der Waals surface area (Å²) < 4.78 is 0. The van der Waals surface area contributed by atoms with Gasteiger partial charge in [-0.3, -0.25) is 14.5 Å². The van der Waals surface area contributed by atoms with E-state index in [9.17, 15) is 9.59 Å². The third kappa shape index (κ3) is 4.99. The van der Waals surface area contributed by atoms with Gasteiger partial charge >= 0.3 is 0 Å². The second-order valence-corrected chi connectivity index (χ2v) is 8.81. The third-order valence-electron chi connectivity index (χ3n) is 6.63. The summed E-state index contributed by atoms with van der Waals surface area (Å²) in [5.41, 5.74) is 4.91. The number of carbonyl (C=O) groups excluding carboxylic acids is 2. The molecule has 2 aromatic carbocycles. The number of fused-ring (bicyclic) bond motifs is 1. The van der Waals surface area contributed by atoms with E-state index >= 15 is 0 Å². The molecular formula is C26H32N2O2. The molecule has 0 saturated carbocycles. The van der Waals surface area contributed by atoms with Gasteiger partial charge in [0.2, 0.25) is 5.91 Å². The van der Waals surface area contributed by atoms with Crippen LogP contribution in [0.3, 0.4) is 0 Å². The summed E-state index contributed by atoms with van der Waals surface area (Å²) in [5, 5.41) is 3.16. The van der Waals surface area contributed by atoms with Crippen LogP contribution in [-0.4, -0.2) is 36.2 Å². The van der Waals surface area contributed by atoms with Crippen molar-refractivity contribution in [2.24, 2.45) is 5.92 Å². The van der Waals surface area contributed by atoms with Crippen molar-refractivity contribution in [1.29, 1.82) is 0 Å². The smallest absolute Gasteiger partial charge is 0.234 e. The van der Waals surface area contributed by atoms with E-state index in [1.807, 2.05) is 30.3 Å². The number of benzene rings is 2. The first-order valence-electron chi connectivity index (χ1n) is 11.3. The Morgan fingerprint density at radius 2 is 1.70 bits per heavy atom. The highest BCUT2D eigenvalue weighted by Crippen LogP contribution is 2.25. The maximum absolute atomic E-state index is 12.6. The van der Waals surface area contributed by atoms with Crippen LogP contribution in [0.2, 0.25) is 0 Å². The molecule has 0 bridgehead atoms. The Balaban J connectivity index is 1.25. The minimum absolute atomic E-state index is 0.0157. The largest absolute Gasteiger partial charge is 0.348 e. The number of aryl methyl sites for hydroxylation is 2. The van der Waals surface area contributed by atoms with Gasteiger partial charge in [0, 0.05) is 11.5 Å². The Kier molecular flexibility index (Phi) is 6.63. The van der Waals surface area contributed by atoms with Crippen LogP contribution in [0.15, 0.2) is 48.5 Å². The summed E-state index contributed by atoms with van der Waals surface area (Å²) in [5.74, 6) is 0.370. The normalized spacial score (nSPS) is 18.4. The number of Topliss-reactive ketones (excluding diaryl/α,β-unsaturated/α-hetero) is 1. The molecule has 4 rings (SSSR count). The number of nitrogens with zero attached hydrogens (tertiary/aromatic N) is 1. The zero-order valence-electron chi connectivity index (χ0n) is 17.9. The van der Waals surface area contributed by atoms with Crippen LogP contribution in [-0.2, 0) is 17.6 Å². The number of hydrogen-bond acceptors (Lipinski definition) is 3. The standard InChI is InChI=1S/C26H32N2O2/c1-19(23-12-11-20-7-5-6-10-24(20)17-23)27-25(29)18-28-15-13-22(14-16-28)26(30)21-8-3-2-4-9-21/h2-4,8-9,11-12,17,19,22H,5-7,10,13-16,18H2,1H3,(H,27,29). The SMILES string of the molecule is CC(NC(=O)CN1CCC(C(=O)c2ccccc2)CC1)c1ccc2c(c1)CCCC2. The second kappa shape index (κ2) is 9.57. The predicted octanol–water partition coefficient (Wildman–Crippen LogP) is 4.34. The Hall–Kier alpha value is -2.46. The van der Waals surface area contributed by atoms with Gasteiger partial charge in [0.1, 0.15) is 0 Å². The lowest BCUT2D eigenvalue weighted by molar-refractivity contribution is -0.123. The molecule has 1 fully saturated rings. The Labute approximate surface area is 179 Å². The summed E-state index contributed by atoms with van der Waals surface area (Å²) in [6.45, 7) is 4.06. The third-order valence-corrected chi connectivity index (χ3v) is 6.63. The highest BCUT2D eigenvalue weighted by Gasteiger charge is 2.26. The lowest BCUT2D eigenvalue weighted by Gasteiger charge is -2.31. The van der Waals surface area contributed by atoms with E-state index in [0.29, 0.717) is 6.54 Å². The van der Waals surface area contributed by atoms with Gasteiger partial charge in [-0.15, -0.1) is 0 Å². The van der Waals surface area contributed by atoms with E-state index in [4.69, 9.17) is 0 Å². The first kappa shape index (κ1) is 20.8. The van der Waals surface area contributed by atoms with E-state index in [0.717, 1.165) is 37.9 Å². The van der Waals surface area contributed by atoms with Crippen LogP contribution in [0.5, 0.6) is 0 Å². The molecule has 0 aromatic heterocycles. The zero-order chi connectivity index (χ0) is 20.9. The number of amides is 1. The van der Waals surface area contributed by atoms with Crippen molar-refractivity contribution in [2.75, 3.05) is 19.6 Å². The average molecular weight is 405 g/mol. The van der Waals surface area contributed by atoms with Crippen LogP contribution >= 0.6 is 0 Å². The molecule has 30 heavy (non-hydrogen) atoms. The van der Waals surface area contributed by atoms with Gasteiger partial charge in [-0.1, -0.05) is 48.5 Å². The predicted molar refractivity (Wildman–Crippen MR) is 120 cm³/mol. The van der Waals surface area contributed by atoms with Crippen molar-refractivity contribution < 1.29 is 9.59 Å². The Morgan fingerprint density at radius 3 is 2.43 bits per heavy atom. The molecule has 4 heteroatoms. The molecule has 1 aliphatic heterocycles. The van der Waals surface area contributed by atoms with Crippen LogP contribution in [0.25, 0.3) is 0 Å². The fourth-order valence-electron chi connectivity index (χ4n) is 4.79. The average Bonchev–Trinajstić information content (AvgIpc) is 2.79. The van der Waals surface area contributed by atoms with E-state index < -0.39 is 0 Å². The number of piperidine rings is 1.